The Labute approximate surface area is 80.3 Å². The van der Waals surface area contributed by atoms with Crippen LogP contribution >= 0.6 is 11.3 Å². The quantitative estimate of drug-likeness (QED) is 0.545. The first-order valence-corrected chi connectivity index (χ1v) is 4.95. The van der Waals surface area contributed by atoms with Crippen LogP contribution in [0.5, 0.6) is 0 Å². The van der Waals surface area contributed by atoms with Gasteiger partial charge in [0.2, 0.25) is 0 Å². The highest BCUT2D eigenvalue weighted by atomic mass is 32.1. The van der Waals surface area contributed by atoms with Gasteiger partial charge in [-0.3, -0.25) is 0 Å². The zero-order chi connectivity index (χ0) is 9.26. The van der Waals surface area contributed by atoms with Crippen molar-refractivity contribution in [2.75, 3.05) is 13.7 Å². The molecule has 70 valence electrons. The lowest BCUT2D eigenvalue weighted by Gasteiger charge is -1.98. The number of epoxide rings is 1. The maximum atomic E-state index is 11.2. The van der Waals surface area contributed by atoms with Gasteiger partial charge in [0.25, 0.3) is 0 Å². The van der Waals surface area contributed by atoms with E-state index in [0.717, 1.165) is 18.6 Å². The SMILES string of the molecule is COC(=O)c1sccc1CC1CO1. The number of esters is 1. The van der Waals surface area contributed by atoms with Gasteiger partial charge in [0.1, 0.15) is 4.88 Å². The molecule has 2 heterocycles. The van der Waals surface area contributed by atoms with Gasteiger partial charge in [0.05, 0.1) is 19.8 Å². The molecule has 1 saturated heterocycles. The van der Waals surface area contributed by atoms with Gasteiger partial charge in [0, 0.05) is 6.42 Å². The monoisotopic (exact) mass is 198 g/mol. The van der Waals surface area contributed by atoms with Crippen LogP contribution in [0.4, 0.5) is 0 Å². The average Bonchev–Trinajstić information content (AvgIpc) is 2.82. The van der Waals surface area contributed by atoms with Gasteiger partial charge in [-0.05, 0) is 17.0 Å². The molecule has 0 aromatic carbocycles. The molecule has 1 unspecified atom stereocenters. The number of carbonyl (C=O) groups is 1. The molecule has 13 heavy (non-hydrogen) atoms. The summed E-state index contributed by atoms with van der Waals surface area (Å²) >= 11 is 1.42. The first kappa shape index (κ1) is 8.72. The summed E-state index contributed by atoms with van der Waals surface area (Å²) in [5.41, 5.74) is 1.04. The molecule has 0 radical (unpaired) electrons. The molecule has 0 N–H and O–H groups in total. The largest absolute Gasteiger partial charge is 0.465 e. The molecule has 1 aliphatic rings. The molecule has 1 fully saturated rings. The highest BCUT2D eigenvalue weighted by molar-refractivity contribution is 7.12. The van der Waals surface area contributed by atoms with Crippen molar-refractivity contribution >= 4 is 17.3 Å². The van der Waals surface area contributed by atoms with Crippen LogP contribution < -0.4 is 0 Å². The van der Waals surface area contributed by atoms with E-state index in [1.54, 1.807) is 0 Å². The predicted octanol–water partition coefficient (Wildman–Crippen LogP) is 1.48. The highest BCUT2D eigenvalue weighted by Gasteiger charge is 2.25. The van der Waals surface area contributed by atoms with E-state index in [1.807, 2.05) is 11.4 Å². The van der Waals surface area contributed by atoms with Crippen LogP contribution in [0.2, 0.25) is 0 Å². The van der Waals surface area contributed by atoms with Crippen molar-refractivity contribution in [3.8, 4) is 0 Å². The molecule has 0 bridgehead atoms. The number of carbonyl (C=O) groups excluding carboxylic acids is 1. The van der Waals surface area contributed by atoms with Crippen molar-refractivity contribution in [3.05, 3.63) is 21.9 Å². The molecule has 0 saturated carbocycles. The summed E-state index contributed by atoms with van der Waals surface area (Å²) in [7, 11) is 1.40. The van der Waals surface area contributed by atoms with Gasteiger partial charge in [-0.25, -0.2) is 4.79 Å². The minimum atomic E-state index is -0.245. The lowest BCUT2D eigenvalue weighted by Crippen LogP contribution is -2.03. The number of hydrogen-bond acceptors (Lipinski definition) is 4. The standard InChI is InChI=1S/C9H10O3S/c1-11-9(10)8-6(2-3-13-8)4-7-5-12-7/h2-3,7H,4-5H2,1H3. The fourth-order valence-electron chi connectivity index (χ4n) is 1.20. The first-order valence-electron chi connectivity index (χ1n) is 4.07. The number of methoxy groups -OCH3 is 1. The summed E-state index contributed by atoms with van der Waals surface area (Å²) in [5, 5.41) is 1.91. The van der Waals surface area contributed by atoms with E-state index in [9.17, 15) is 4.79 Å². The third-order valence-corrected chi connectivity index (χ3v) is 2.90. The Balaban J connectivity index is 2.14. The summed E-state index contributed by atoms with van der Waals surface area (Å²) in [5.74, 6) is -0.245. The van der Waals surface area contributed by atoms with Gasteiger partial charge < -0.3 is 9.47 Å². The molecular formula is C9H10O3S. The van der Waals surface area contributed by atoms with E-state index in [2.05, 4.69) is 4.74 Å². The second-order valence-electron chi connectivity index (χ2n) is 2.93. The molecule has 4 heteroatoms. The fourth-order valence-corrected chi connectivity index (χ4v) is 2.05. The zero-order valence-corrected chi connectivity index (χ0v) is 8.10. The lowest BCUT2D eigenvalue weighted by molar-refractivity contribution is 0.0605. The van der Waals surface area contributed by atoms with Gasteiger partial charge in [-0.2, -0.15) is 0 Å². The van der Waals surface area contributed by atoms with E-state index in [1.165, 1.54) is 18.4 Å². The third-order valence-electron chi connectivity index (χ3n) is 1.97. The van der Waals surface area contributed by atoms with E-state index in [0.29, 0.717) is 11.0 Å². The minimum absolute atomic E-state index is 0.245. The number of hydrogen-bond donors (Lipinski definition) is 0. The van der Waals surface area contributed by atoms with Crippen molar-refractivity contribution < 1.29 is 14.3 Å². The molecule has 1 aliphatic heterocycles. The molecule has 3 nitrogen and oxygen atoms in total. The van der Waals surface area contributed by atoms with Crippen LogP contribution in [0, 0.1) is 0 Å². The zero-order valence-electron chi connectivity index (χ0n) is 7.28. The number of thiophene rings is 1. The summed E-state index contributed by atoms with van der Waals surface area (Å²) < 4.78 is 9.77. The Bertz CT molecular complexity index is 314. The van der Waals surface area contributed by atoms with E-state index >= 15 is 0 Å². The van der Waals surface area contributed by atoms with Crippen LogP contribution in [-0.2, 0) is 15.9 Å². The lowest BCUT2D eigenvalue weighted by atomic mass is 10.1. The molecule has 1 atom stereocenters. The van der Waals surface area contributed by atoms with E-state index in [4.69, 9.17) is 4.74 Å². The number of ether oxygens (including phenoxy) is 2. The second kappa shape index (κ2) is 3.47. The van der Waals surface area contributed by atoms with Crippen LogP contribution in [-0.4, -0.2) is 25.8 Å². The Morgan fingerprint density at radius 3 is 3.23 bits per heavy atom. The van der Waals surface area contributed by atoms with Crippen LogP contribution in [0.25, 0.3) is 0 Å². The summed E-state index contributed by atoms with van der Waals surface area (Å²) in [6.45, 7) is 0.816. The van der Waals surface area contributed by atoms with Crippen molar-refractivity contribution in [1.82, 2.24) is 0 Å². The normalized spacial score (nSPS) is 19.9. The smallest absolute Gasteiger partial charge is 0.348 e. The highest BCUT2D eigenvalue weighted by Crippen LogP contribution is 2.23. The van der Waals surface area contributed by atoms with E-state index in [-0.39, 0.29) is 5.97 Å². The topological polar surface area (TPSA) is 38.8 Å². The molecule has 0 amide bonds. The molecule has 1 aromatic rings. The Kier molecular flexibility index (Phi) is 2.33. The maximum Gasteiger partial charge on any atom is 0.348 e. The third kappa shape index (κ3) is 1.89. The molecule has 0 spiro atoms. The molecule has 0 aliphatic carbocycles. The summed E-state index contributed by atoms with van der Waals surface area (Å²) in [6.07, 6.45) is 1.14. The maximum absolute atomic E-state index is 11.2. The molecule has 2 rings (SSSR count). The Morgan fingerprint density at radius 2 is 2.62 bits per heavy atom. The van der Waals surface area contributed by atoms with Crippen LogP contribution in [0.3, 0.4) is 0 Å². The Morgan fingerprint density at radius 1 is 1.85 bits per heavy atom. The van der Waals surface area contributed by atoms with Crippen molar-refractivity contribution in [2.24, 2.45) is 0 Å². The average molecular weight is 198 g/mol. The predicted molar refractivity (Wildman–Crippen MR) is 49.1 cm³/mol. The van der Waals surface area contributed by atoms with Crippen molar-refractivity contribution in [2.45, 2.75) is 12.5 Å². The minimum Gasteiger partial charge on any atom is -0.465 e. The van der Waals surface area contributed by atoms with Gasteiger partial charge in [-0.15, -0.1) is 11.3 Å². The van der Waals surface area contributed by atoms with Gasteiger partial charge in [0.15, 0.2) is 0 Å². The van der Waals surface area contributed by atoms with Gasteiger partial charge >= 0.3 is 5.97 Å². The summed E-state index contributed by atoms with van der Waals surface area (Å²) in [4.78, 5) is 12.0. The molecular weight excluding hydrogens is 188 g/mol. The second-order valence-corrected chi connectivity index (χ2v) is 3.84. The van der Waals surface area contributed by atoms with Crippen LogP contribution in [0.15, 0.2) is 11.4 Å². The van der Waals surface area contributed by atoms with Crippen molar-refractivity contribution in [3.63, 3.8) is 0 Å². The Hall–Kier alpha value is -0.870. The summed E-state index contributed by atoms with van der Waals surface area (Å²) in [6, 6.07) is 1.96. The number of rotatable bonds is 3. The van der Waals surface area contributed by atoms with Crippen molar-refractivity contribution in [1.29, 1.82) is 0 Å². The molecule has 1 aromatic heterocycles. The fraction of sp³-hybridized carbons (Fsp3) is 0.444. The van der Waals surface area contributed by atoms with E-state index < -0.39 is 0 Å². The first-order chi connectivity index (χ1) is 6.31. The van der Waals surface area contributed by atoms with Crippen LogP contribution in [0.1, 0.15) is 15.2 Å². The van der Waals surface area contributed by atoms with Gasteiger partial charge in [-0.1, -0.05) is 0 Å².